The molecule has 3 heterocycles. The van der Waals surface area contributed by atoms with Crippen molar-refractivity contribution < 1.29 is 18.7 Å². The third kappa shape index (κ3) is 4.93. The Kier molecular flexibility index (Phi) is 7.29. The van der Waals surface area contributed by atoms with Crippen LogP contribution in [0.4, 0.5) is 5.69 Å². The largest absolute Gasteiger partial charge is 0.496 e. The van der Waals surface area contributed by atoms with E-state index in [4.69, 9.17) is 13.9 Å². The van der Waals surface area contributed by atoms with Gasteiger partial charge in [0.1, 0.15) is 23.1 Å². The van der Waals surface area contributed by atoms with Crippen LogP contribution in [0.5, 0.6) is 5.75 Å². The lowest BCUT2D eigenvalue weighted by Crippen LogP contribution is -2.28. The quantitative estimate of drug-likeness (QED) is 0.339. The van der Waals surface area contributed by atoms with Gasteiger partial charge >= 0.3 is 0 Å². The zero-order chi connectivity index (χ0) is 26.6. The summed E-state index contributed by atoms with van der Waals surface area (Å²) in [4.78, 5) is 18.8. The van der Waals surface area contributed by atoms with E-state index in [0.717, 1.165) is 48.4 Å². The van der Waals surface area contributed by atoms with Crippen LogP contribution in [-0.2, 0) is 4.74 Å². The molecule has 4 aromatic rings. The molecule has 0 unspecified atom stereocenters. The second-order valence-corrected chi connectivity index (χ2v) is 9.32. The van der Waals surface area contributed by atoms with Crippen LogP contribution in [0.2, 0.25) is 0 Å². The van der Waals surface area contributed by atoms with Crippen LogP contribution in [0.15, 0.2) is 59.1 Å². The van der Waals surface area contributed by atoms with E-state index in [0.29, 0.717) is 46.3 Å². The molecule has 0 atom stereocenters. The van der Waals surface area contributed by atoms with Gasteiger partial charge in [0.05, 0.1) is 23.9 Å². The molecule has 0 spiro atoms. The SMILES string of the molecule is CCN(C)C(=O)c1ccc(-c2cc3nccc(-c4ccc(NC5CCOCC5)c(C#N)c4)c3o2)c(OC)c1. The fourth-order valence-corrected chi connectivity index (χ4v) is 4.68. The minimum atomic E-state index is -0.0750. The third-order valence-corrected chi connectivity index (χ3v) is 6.98. The van der Waals surface area contributed by atoms with E-state index in [1.165, 1.54) is 0 Å². The molecule has 2 aromatic heterocycles. The Labute approximate surface area is 221 Å². The van der Waals surface area contributed by atoms with Gasteiger partial charge in [0.15, 0.2) is 5.58 Å². The predicted octanol–water partition coefficient (Wildman–Crippen LogP) is 5.72. The lowest BCUT2D eigenvalue weighted by molar-refractivity contribution is 0.0802. The number of furan rings is 1. The first-order valence-corrected chi connectivity index (χ1v) is 12.7. The number of benzene rings is 2. The molecule has 0 bridgehead atoms. The molecule has 1 amide bonds. The van der Waals surface area contributed by atoms with E-state index >= 15 is 0 Å². The number of aromatic nitrogens is 1. The van der Waals surface area contributed by atoms with Gasteiger partial charge in [0.2, 0.25) is 0 Å². The molecule has 8 heteroatoms. The maximum atomic E-state index is 12.6. The summed E-state index contributed by atoms with van der Waals surface area (Å²) in [5, 5.41) is 13.4. The zero-order valence-corrected chi connectivity index (χ0v) is 21.8. The van der Waals surface area contributed by atoms with Crippen molar-refractivity contribution in [1.29, 1.82) is 5.26 Å². The number of pyridine rings is 1. The van der Waals surface area contributed by atoms with Gasteiger partial charge in [-0.25, -0.2) is 0 Å². The minimum Gasteiger partial charge on any atom is -0.496 e. The first-order valence-electron chi connectivity index (χ1n) is 12.7. The third-order valence-electron chi connectivity index (χ3n) is 6.98. The van der Waals surface area contributed by atoms with Crippen LogP contribution in [-0.4, -0.2) is 55.7 Å². The predicted molar refractivity (Wildman–Crippen MR) is 146 cm³/mol. The summed E-state index contributed by atoms with van der Waals surface area (Å²) in [6, 6.07) is 17.5. The van der Waals surface area contributed by atoms with Crippen molar-refractivity contribution >= 4 is 22.7 Å². The van der Waals surface area contributed by atoms with Crippen molar-refractivity contribution in [3.8, 4) is 34.3 Å². The maximum Gasteiger partial charge on any atom is 0.253 e. The summed E-state index contributed by atoms with van der Waals surface area (Å²) in [5.74, 6) is 1.04. The van der Waals surface area contributed by atoms with Crippen LogP contribution in [0, 0.1) is 11.3 Å². The molecular formula is C30H30N4O4. The van der Waals surface area contributed by atoms with Crippen molar-refractivity contribution in [2.45, 2.75) is 25.8 Å². The molecule has 1 aliphatic heterocycles. The molecule has 0 aliphatic carbocycles. The number of ether oxygens (including phenoxy) is 2. The van der Waals surface area contributed by atoms with Crippen molar-refractivity contribution in [3.05, 3.63) is 65.9 Å². The Balaban J connectivity index is 1.50. The Hall–Kier alpha value is -4.35. The summed E-state index contributed by atoms with van der Waals surface area (Å²) in [7, 11) is 3.34. The van der Waals surface area contributed by atoms with E-state index < -0.39 is 0 Å². The molecule has 8 nitrogen and oxygen atoms in total. The summed E-state index contributed by atoms with van der Waals surface area (Å²) in [6.45, 7) is 4.00. The van der Waals surface area contributed by atoms with E-state index in [2.05, 4.69) is 16.4 Å². The number of nitrogens with one attached hydrogen (secondary N) is 1. The van der Waals surface area contributed by atoms with E-state index in [1.54, 1.807) is 37.4 Å². The molecule has 1 fully saturated rings. The Morgan fingerprint density at radius 3 is 2.71 bits per heavy atom. The summed E-state index contributed by atoms with van der Waals surface area (Å²) in [6.07, 6.45) is 3.57. The molecule has 2 aromatic carbocycles. The van der Waals surface area contributed by atoms with Gasteiger partial charge in [0, 0.05) is 56.2 Å². The molecule has 1 N–H and O–H groups in total. The number of carbonyl (C=O) groups is 1. The Bertz CT molecular complexity index is 1510. The second-order valence-electron chi connectivity index (χ2n) is 9.32. The Morgan fingerprint density at radius 2 is 1.97 bits per heavy atom. The van der Waals surface area contributed by atoms with Crippen LogP contribution in [0.1, 0.15) is 35.7 Å². The standard InChI is InChI=1S/C30H30N4O4/c1-4-34(2)30(35)20-5-7-24(27(16-20)36-3)28-17-26-29(38-28)23(9-12-32-26)19-6-8-25(21(15-19)18-31)33-22-10-13-37-14-11-22/h5-9,12,15-17,22,33H,4,10-11,13-14H2,1-3H3. The number of anilines is 1. The molecule has 0 radical (unpaired) electrons. The number of amides is 1. The lowest BCUT2D eigenvalue weighted by atomic mass is 10.0. The average molecular weight is 511 g/mol. The van der Waals surface area contributed by atoms with E-state index in [-0.39, 0.29) is 5.91 Å². The van der Waals surface area contributed by atoms with Crippen LogP contribution in [0.25, 0.3) is 33.6 Å². The highest BCUT2D eigenvalue weighted by atomic mass is 16.5. The van der Waals surface area contributed by atoms with E-state index in [9.17, 15) is 10.1 Å². The number of methoxy groups -OCH3 is 1. The van der Waals surface area contributed by atoms with Gasteiger partial charge < -0.3 is 24.1 Å². The minimum absolute atomic E-state index is 0.0750. The fourth-order valence-electron chi connectivity index (χ4n) is 4.68. The van der Waals surface area contributed by atoms with Crippen molar-refractivity contribution in [1.82, 2.24) is 9.88 Å². The first kappa shape index (κ1) is 25.3. The Morgan fingerprint density at radius 1 is 1.16 bits per heavy atom. The summed E-state index contributed by atoms with van der Waals surface area (Å²) < 4.78 is 17.4. The fraction of sp³-hybridized carbons (Fsp3) is 0.300. The van der Waals surface area contributed by atoms with Gasteiger partial charge in [-0.05, 0) is 61.7 Å². The zero-order valence-electron chi connectivity index (χ0n) is 21.8. The van der Waals surface area contributed by atoms with Gasteiger partial charge in [-0.1, -0.05) is 6.07 Å². The van der Waals surface area contributed by atoms with E-state index in [1.807, 2.05) is 43.3 Å². The number of nitriles is 1. The number of nitrogens with zero attached hydrogens (tertiary/aromatic N) is 3. The lowest BCUT2D eigenvalue weighted by Gasteiger charge is -2.24. The smallest absolute Gasteiger partial charge is 0.253 e. The van der Waals surface area contributed by atoms with Gasteiger partial charge in [0.25, 0.3) is 5.91 Å². The van der Waals surface area contributed by atoms with Crippen LogP contribution >= 0.6 is 0 Å². The maximum absolute atomic E-state index is 12.6. The van der Waals surface area contributed by atoms with Crippen molar-refractivity contribution in [2.24, 2.45) is 0 Å². The highest BCUT2D eigenvalue weighted by Crippen LogP contribution is 2.38. The van der Waals surface area contributed by atoms with Gasteiger partial charge in [-0.15, -0.1) is 0 Å². The number of hydrogen-bond acceptors (Lipinski definition) is 7. The van der Waals surface area contributed by atoms with Gasteiger partial charge in [-0.3, -0.25) is 9.78 Å². The average Bonchev–Trinajstić information content (AvgIpc) is 3.41. The van der Waals surface area contributed by atoms with Crippen molar-refractivity contribution in [2.75, 3.05) is 39.2 Å². The molecule has 5 rings (SSSR count). The molecule has 194 valence electrons. The van der Waals surface area contributed by atoms with Gasteiger partial charge in [-0.2, -0.15) is 5.26 Å². The molecule has 0 saturated carbocycles. The summed E-state index contributed by atoms with van der Waals surface area (Å²) in [5.41, 5.74) is 5.67. The second kappa shape index (κ2) is 11.0. The topological polar surface area (TPSA) is 101 Å². The normalized spacial score (nSPS) is 13.7. The monoisotopic (exact) mass is 510 g/mol. The number of fused-ring (bicyclic) bond motifs is 1. The highest BCUT2D eigenvalue weighted by Gasteiger charge is 2.20. The number of rotatable bonds is 7. The number of carbonyl (C=O) groups excluding carboxylic acids is 1. The molecule has 1 aliphatic rings. The molecule has 1 saturated heterocycles. The first-order chi connectivity index (χ1) is 18.5. The van der Waals surface area contributed by atoms with Crippen LogP contribution < -0.4 is 10.1 Å². The van der Waals surface area contributed by atoms with Crippen LogP contribution in [0.3, 0.4) is 0 Å². The number of hydrogen-bond donors (Lipinski definition) is 1. The molecule has 38 heavy (non-hydrogen) atoms. The van der Waals surface area contributed by atoms with Crippen molar-refractivity contribution in [3.63, 3.8) is 0 Å². The molecular weight excluding hydrogens is 480 g/mol. The summed E-state index contributed by atoms with van der Waals surface area (Å²) >= 11 is 0. The highest BCUT2D eigenvalue weighted by molar-refractivity contribution is 5.96.